The van der Waals surface area contributed by atoms with E-state index in [-0.39, 0.29) is 31.9 Å². The third-order valence-corrected chi connectivity index (χ3v) is 7.21. The molecule has 1 atom stereocenters. The highest BCUT2D eigenvalue weighted by Crippen LogP contribution is 2.44. The third-order valence-electron chi connectivity index (χ3n) is 5.56. The van der Waals surface area contributed by atoms with Crippen LogP contribution in [0.5, 0.6) is 0 Å². The van der Waals surface area contributed by atoms with Crippen LogP contribution in [-0.4, -0.2) is 26.6 Å². The number of nitrogens with zero attached hydrogens (tertiary/aromatic N) is 3. The number of nitrogens with two attached hydrogens (primary N) is 1. The minimum Gasteiger partial charge on any atom is -0.365 e. The molecule has 188 valence electrons. The van der Waals surface area contributed by atoms with Gasteiger partial charge >= 0.3 is 6.18 Å². The molecule has 3 aromatic heterocycles. The highest BCUT2D eigenvalue weighted by Gasteiger charge is 2.35. The molecule has 0 spiro atoms. The number of carbonyl (C=O) groups excluding carboxylic acids is 2. The lowest BCUT2D eigenvalue weighted by Crippen LogP contribution is -2.26. The zero-order valence-corrected chi connectivity index (χ0v) is 20.6. The molecule has 3 N–H and O–H groups in total. The summed E-state index contributed by atoms with van der Waals surface area (Å²) in [6.45, 7) is 4.90. The van der Waals surface area contributed by atoms with E-state index in [1.165, 1.54) is 16.8 Å². The second-order valence-electron chi connectivity index (χ2n) is 8.00. The number of anilines is 1. The number of pyridine rings is 1. The van der Waals surface area contributed by atoms with Gasteiger partial charge in [0.15, 0.2) is 0 Å². The number of amides is 2. The lowest BCUT2D eigenvalue weighted by Gasteiger charge is -2.16. The van der Waals surface area contributed by atoms with E-state index in [4.69, 9.17) is 17.3 Å². The normalized spacial score (nSPS) is 12.7. The van der Waals surface area contributed by atoms with E-state index in [1.807, 2.05) is 0 Å². The molecular formula is C23H18ClF4N5O2S. The fourth-order valence-electron chi connectivity index (χ4n) is 3.75. The highest BCUT2D eigenvalue weighted by molar-refractivity contribution is 7.21. The Kier molecular flexibility index (Phi) is 6.52. The van der Waals surface area contributed by atoms with Crippen molar-refractivity contribution in [3.05, 3.63) is 63.1 Å². The predicted molar refractivity (Wildman–Crippen MR) is 129 cm³/mol. The Balaban J connectivity index is 1.92. The molecule has 0 aliphatic carbocycles. The van der Waals surface area contributed by atoms with Crippen LogP contribution in [0.25, 0.3) is 21.3 Å². The number of carbonyl (C=O) groups is 2. The monoisotopic (exact) mass is 539 g/mol. The molecule has 0 aliphatic heterocycles. The molecule has 3 heterocycles. The summed E-state index contributed by atoms with van der Waals surface area (Å²) in [5, 5.41) is 7.33. The number of nitrogens with one attached hydrogen (secondary N) is 1. The Labute approximate surface area is 210 Å². The number of aryl methyl sites for hydroxylation is 1. The summed E-state index contributed by atoms with van der Waals surface area (Å²) in [7, 11) is 0. The van der Waals surface area contributed by atoms with E-state index in [9.17, 15) is 27.2 Å². The van der Waals surface area contributed by atoms with Crippen molar-refractivity contribution in [2.45, 2.75) is 33.0 Å². The number of alkyl halides is 3. The zero-order valence-electron chi connectivity index (χ0n) is 19.0. The van der Waals surface area contributed by atoms with Crippen molar-refractivity contribution < 1.29 is 27.2 Å². The molecule has 0 saturated carbocycles. The number of hydrogen-bond donors (Lipinski definition) is 2. The van der Waals surface area contributed by atoms with Gasteiger partial charge in [-0.15, -0.1) is 11.3 Å². The summed E-state index contributed by atoms with van der Waals surface area (Å²) < 4.78 is 55.8. The second kappa shape index (κ2) is 9.17. The van der Waals surface area contributed by atoms with Crippen LogP contribution in [-0.2, 0) is 11.0 Å². The lowest BCUT2D eigenvalue weighted by atomic mass is 10.0. The molecule has 4 aromatic rings. The van der Waals surface area contributed by atoms with E-state index >= 15 is 0 Å². The van der Waals surface area contributed by atoms with Crippen molar-refractivity contribution in [1.29, 1.82) is 0 Å². The Hall–Kier alpha value is -3.51. The summed E-state index contributed by atoms with van der Waals surface area (Å²) >= 11 is 6.80. The molecule has 36 heavy (non-hydrogen) atoms. The van der Waals surface area contributed by atoms with Gasteiger partial charge in [0, 0.05) is 5.39 Å². The van der Waals surface area contributed by atoms with E-state index < -0.39 is 35.5 Å². The maximum atomic E-state index is 13.6. The standard InChI is InChI=1S/C23H18ClF4N5O2S/c1-9-17(24)10(2)33(32-9)11(3)21(35)31-18-16-14(12-4-6-13(25)7-5-12)8-15(23(26,27)28)30-22(16)36-19(18)20(29)34/h4-8,11H,1-3H3,(H2,29,34)(H,31,35). The largest absolute Gasteiger partial charge is 0.433 e. The minimum absolute atomic E-state index is 0.00631. The number of benzene rings is 1. The van der Waals surface area contributed by atoms with Gasteiger partial charge in [-0.25, -0.2) is 9.37 Å². The van der Waals surface area contributed by atoms with Crippen molar-refractivity contribution in [1.82, 2.24) is 14.8 Å². The number of hydrogen-bond acceptors (Lipinski definition) is 5. The number of thiophene rings is 1. The van der Waals surface area contributed by atoms with Gasteiger partial charge in [-0.05, 0) is 50.1 Å². The van der Waals surface area contributed by atoms with Gasteiger partial charge in [0.1, 0.15) is 27.3 Å². The van der Waals surface area contributed by atoms with Crippen LogP contribution in [0.1, 0.15) is 39.7 Å². The summed E-state index contributed by atoms with van der Waals surface area (Å²) in [4.78, 5) is 28.8. The lowest BCUT2D eigenvalue weighted by molar-refractivity contribution is -0.140. The number of rotatable bonds is 5. The van der Waals surface area contributed by atoms with E-state index in [1.54, 1.807) is 20.8 Å². The Bertz CT molecular complexity index is 1510. The van der Waals surface area contributed by atoms with Crippen molar-refractivity contribution in [3.8, 4) is 11.1 Å². The SMILES string of the molecule is Cc1nn(C(C)C(=O)Nc2c(C(N)=O)sc3nc(C(F)(F)F)cc(-c4ccc(F)cc4)c23)c(C)c1Cl. The first-order chi connectivity index (χ1) is 16.8. The predicted octanol–water partition coefficient (Wildman–Crippen LogP) is 5.89. The van der Waals surface area contributed by atoms with Gasteiger partial charge in [0.25, 0.3) is 5.91 Å². The topological polar surface area (TPSA) is 103 Å². The molecule has 0 fully saturated rings. The van der Waals surface area contributed by atoms with Gasteiger partial charge in [0.05, 0.1) is 22.1 Å². The van der Waals surface area contributed by atoms with Crippen LogP contribution < -0.4 is 11.1 Å². The van der Waals surface area contributed by atoms with E-state index in [0.29, 0.717) is 27.7 Å². The van der Waals surface area contributed by atoms with Crippen molar-refractivity contribution in [3.63, 3.8) is 0 Å². The van der Waals surface area contributed by atoms with Gasteiger partial charge in [0.2, 0.25) is 5.91 Å². The molecule has 1 unspecified atom stereocenters. The van der Waals surface area contributed by atoms with Crippen LogP contribution in [0.3, 0.4) is 0 Å². The fourth-order valence-corrected chi connectivity index (χ4v) is 4.88. The summed E-state index contributed by atoms with van der Waals surface area (Å²) in [6.07, 6.45) is -4.80. The van der Waals surface area contributed by atoms with E-state index in [0.717, 1.165) is 18.2 Å². The average molecular weight is 540 g/mol. The molecule has 7 nitrogen and oxygen atoms in total. The Morgan fingerprint density at radius 3 is 2.36 bits per heavy atom. The number of aromatic nitrogens is 3. The van der Waals surface area contributed by atoms with Gasteiger partial charge < -0.3 is 11.1 Å². The van der Waals surface area contributed by atoms with Crippen LogP contribution in [0, 0.1) is 19.7 Å². The maximum absolute atomic E-state index is 13.6. The number of halogens is 5. The molecule has 13 heteroatoms. The second-order valence-corrected chi connectivity index (χ2v) is 9.38. The van der Waals surface area contributed by atoms with Gasteiger partial charge in [-0.2, -0.15) is 18.3 Å². The fraction of sp³-hybridized carbons (Fsp3) is 0.217. The van der Waals surface area contributed by atoms with Gasteiger partial charge in [-0.1, -0.05) is 23.7 Å². The average Bonchev–Trinajstić information content (AvgIpc) is 3.30. The first kappa shape index (κ1) is 25.6. The molecule has 0 radical (unpaired) electrons. The summed E-state index contributed by atoms with van der Waals surface area (Å²) in [5.41, 5.74) is 5.46. The molecule has 4 rings (SSSR count). The summed E-state index contributed by atoms with van der Waals surface area (Å²) in [5.74, 6) is -2.17. The minimum atomic E-state index is -4.80. The molecule has 0 saturated heterocycles. The third kappa shape index (κ3) is 4.53. The molecule has 0 aliphatic rings. The molecule has 0 bridgehead atoms. The Morgan fingerprint density at radius 2 is 1.83 bits per heavy atom. The van der Waals surface area contributed by atoms with Crippen molar-refractivity contribution in [2.24, 2.45) is 5.73 Å². The number of fused-ring (bicyclic) bond motifs is 1. The summed E-state index contributed by atoms with van der Waals surface area (Å²) in [6, 6.07) is 4.64. The van der Waals surface area contributed by atoms with Crippen LogP contribution in [0.2, 0.25) is 5.02 Å². The van der Waals surface area contributed by atoms with Crippen LogP contribution in [0.4, 0.5) is 23.2 Å². The molecule has 1 aromatic carbocycles. The van der Waals surface area contributed by atoms with E-state index in [2.05, 4.69) is 15.4 Å². The highest BCUT2D eigenvalue weighted by atomic mass is 35.5. The van der Waals surface area contributed by atoms with Gasteiger partial charge in [-0.3, -0.25) is 14.3 Å². The molecule has 2 amide bonds. The Morgan fingerprint density at radius 1 is 1.19 bits per heavy atom. The van der Waals surface area contributed by atoms with Crippen molar-refractivity contribution in [2.75, 3.05) is 5.32 Å². The zero-order chi connectivity index (χ0) is 26.5. The maximum Gasteiger partial charge on any atom is 0.433 e. The number of primary amides is 1. The first-order valence-corrected chi connectivity index (χ1v) is 11.6. The molecular weight excluding hydrogens is 522 g/mol. The first-order valence-electron chi connectivity index (χ1n) is 10.4. The van der Waals surface area contributed by atoms with Crippen LogP contribution in [0.15, 0.2) is 30.3 Å². The quantitative estimate of drug-likeness (QED) is 0.309. The van der Waals surface area contributed by atoms with Crippen molar-refractivity contribution >= 4 is 50.7 Å². The van der Waals surface area contributed by atoms with Crippen LogP contribution >= 0.6 is 22.9 Å². The smallest absolute Gasteiger partial charge is 0.365 e.